The van der Waals surface area contributed by atoms with E-state index in [2.05, 4.69) is 20.6 Å². The third-order valence-electron chi connectivity index (χ3n) is 5.09. The van der Waals surface area contributed by atoms with Gasteiger partial charge in [-0.2, -0.15) is 0 Å². The summed E-state index contributed by atoms with van der Waals surface area (Å²) in [6.45, 7) is 5.06. The lowest BCUT2D eigenvalue weighted by Crippen LogP contribution is -2.30. The van der Waals surface area contributed by atoms with Gasteiger partial charge < -0.3 is 15.2 Å². The summed E-state index contributed by atoms with van der Waals surface area (Å²) in [6.07, 6.45) is 2.42. The van der Waals surface area contributed by atoms with Crippen LogP contribution in [0.5, 0.6) is 0 Å². The smallest absolute Gasteiger partial charge is 0.319 e. The Hall–Kier alpha value is -3.74. The van der Waals surface area contributed by atoms with Gasteiger partial charge in [0.1, 0.15) is 17.2 Å². The number of nitrogens with zero attached hydrogens (tertiary/aromatic N) is 3. The molecule has 31 heavy (non-hydrogen) atoms. The Morgan fingerprint density at radius 3 is 2.71 bits per heavy atom. The van der Waals surface area contributed by atoms with Gasteiger partial charge in [-0.15, -0.1) is 0 Å². The predicted molar refractivity (Wildman–Crippen MR) is 120 cm³/mol. The second-order valence-corrected chi connectivity index (χ2v) is 7.49. The fourth-order valence-corrected chi connectivity index (χ4v) is 3.47. The fourth-order valence-electron chi connectivity index (χ4n) is 3.47. The van der Waals surface area contributed by atoms with E-state index in [4.69, 9.17) is 0 Å². The number of anilines is 1. The van der Waals surface area contributed by atoms with Gasteiger partial charge in [-0.1, -0.05) is 12.1 Å². The van der Waals surface area contributed by atoms with Crippen molar-refractivity contribution >= 4 is 22.9 Å². The minimum atomic E-state index is -0.288. The fraction of sp³-hybridized carbons (Fsp3) is 0.208. The van der Waals surface area contributed by atoms with E-state index in [0.717, 1.165) is 39.4 Å². The summed E-state index contributed by atoms with van der Waals surface area (Å²) in [6, 6.07) is 15.7. The van der Waals surface area contributed by atoms with Gasteiger partial charge in [0.25, 0.3) is 0 Å². The number of carbonyl (C=O) groups is 1. The average molecular weight is 417 g/mol. The molecule has 0 aliphatic rings. The van der Waals surface area contributed by atoms with Crippen LogP contribution in [-0.4, -0.2) is 27.1 Å². The van der Waals surface area contributed by atoms with Crippen LogP contribution >= 0.6 is 0 Å². The third-order valence-corrected chi connectivity index (χ3v) is 5.09. The number of rotatable bonds is 6. The molecule has 0 bridgehead atoms. The number of benzene rings is 2. The van der Waals surface area contributed by atoms with Crippen LogP contribution in [-0.2, 0) is 6.54 Å². The van der Waals surface area contributed by atoms with Crippen molar-refractivity contribution in [3.8, 4) is 11.4 Å². The highest BCUT2D eigenvalue weighted by Crippen LogP contribution is 2.24. The van der Waals surface area contributed by atoms with Crippen molar-refractivity contribution in [2.45, 2.75) is 26.8 Å². The third kappa shape index (κ3) is 4.71. The Morgan fingerprint density at radius 2 is 1.90 bits per heavy atom. The maximum absolute atomic E-state index is 13.3. The first kappa shape index (κ1) is 20.5. The molecule has 4 aromatic rings. The van der Waals surface area contributed by atoms with Crippen molar-refractivity contribution in [1.29, 1.82) is 0 Å². The van der Waals surface area contributed by atoms with Gasteiger partial charge in [-0.05, 0) is 73.9 Å². The Bertz CT molecular complexity index is 1220. The summed E-state index contributed by atoms with van der Waals surface area (Å²) in [4.78, 5) is 21.4. The summed E-state index contributed by atoms with van der Waals surface area (Å²) in [7, 11) is 0. The van der Waals surface area contributed by atoms with Crippen LogP contribution in [0.2, 0.25) is 0 Å². The molecule has 0 radical (unpaired) electrons. The van der Waals surface area contributed by atoms with Gasteiger partial charge in [0.15, 0.2) is 5.65 Å². The highest BCUT2D eigenvalue weighted by molar-refractivity contribution is 5.90. The highest BCUT2D eigenvalue weighted by Gasteiger charge is 2.13. The standard InChI is InChI=1S/C24H24FN5O/c1-16-6-7-17(2)21(15-16)29-24(31)27-13-4-14-30-22(18-8-10-19(25)11-9-18)28-20-5-3-12-26-23(20)30/h3,5-12,15H,4,13-14H2,1-2H3,(H2,27,29,31). The van der Waals surface area contributed by atoms with E-state index in [1.807, 2.05) is 48.7 Å². The molecular formula is C24H24FN5O. The number of pyridine rings is 1. The zero-order chi connectivity index (χ0) is 21.8. The number of imidazole rings is 1. The molecule has 0 atom stereocenters. The number of urea groups is 1. The second-order valence-electron chi connectivity index (χ2n) is 7.49. The Morgan fingerprint density at radius 1 is 1.10 bits per heavy atom. The molecule has 4 rings (SSSR count). The van der Waals surface area contributed by atoms with Crippen LogP contribution in [0.3, 0.4) is 0 Å². The number of fused-ring (bicyclic) bond motifs is 1. The van der Waals surface area contributed by atoms with Gasteiger partial charge in [0, 0.05) is 30.5 Å². The van der Waals surface area contributed by atoms with Crippen molar-refractivity contribution in [3.05, 3.63) is 77.7 Å². The lowest BCUT2D eigenvalue weighted by Gasteiger charge is -2.12. The zero-order valence-electron chi connectivity index (χ0n) is 17.5. The predicted octanol–water partition coefficient (Wildman–Crippen LogP) is 5.07. The molecule has 0 spiro atoms. The van der Waals surface area contributed by atoms with E-state index in [1.165, 1.54) is 12.1 Å². The first-order chi connectivity index (χ1) is 15.0. The number of aryl methyl sites for hydroxylation is 3. The minimum absolute atomic E-state index is 0.235. The molecule has 0 aliphatic carbocycles. The van der Waals surface area contributed by atoms with Crippen molar-refractivity contribution in [1.82, 2.24) is 19.9 Å². The number of halogens is 1. The molecule has 2 amide bonds. The topological polar surface area (TPSA) is 71.8 Å². The van der Waals surface area contributed by atoms with Gasteiger partial charge >= 0.3 is 6.03 Å². The van der Waals surface area contributed by atoms with Crippen molar-refractivity contribution in [2.24, 2.45) is 0 Å². The average Bonchev–Trinajstić information content (AvgIpc) is 3.13. The molecule has 2 aromatic heterocycles. The molecule has 0 saturated carbocycles. The summed E-state index contributed by atoms with van der Waals surface area (Å²) < 4.78 is 15.4. The lowest BCUT2D eigenvalue weighted by atomic mass is 10.1. The molecule has 2 heterocycles. The molecule has 0 unspecified atom stereocenters. The Balaban J connectivity index is 1.43. The summed E-state index contributed by atoms with van der Waals surface area (Å²) in [5.41, 5.74) is 5.28. The van der Waals surface area contributed by atoms with Crippen molar-refractivity contribution in [2.75, 3.05) is 11.9 Å². The minimum Gasteiger partial charge on any atom is -0.338 e. The summed E-state index contributed by atoms with van der Waals surface area (Å²) in [5, 5.41) is 5.80. The largest absolute Gasteiger partial charge is 0.338 e. The van der Waals surface area contributed by atoms with E-state index in [9.17, 15) is 9.18 Å². The van der Waals surface area contributed by atoms with Crippen LogP contribution in [0.15, 0.2) is 60.8 Å². The second kappa shape index (κ2) is 8.95. The maximum atomic E-state index is 13.3. The summed E-state index contributed by atoms with van der Waals surface area (Å²) in [5.74, 6) is 0.442. The molecule has 158 valence electrons. The number of carbonyl (C=O) groups excluding carboxylic acids is 1. The number of hydrogen-bond donors (Lipinski definition) is 2. The van der Waals surface area contributed by atoms with Crippen LogP contribution in [0.1, 0.15) is 17.5 Å². The maximum Gasteiger partial charge on any atom is 0.319 e. The quantitative estimate of drug-likeness (QED) is 0.431. The van der Waals surface area contributed by atoms with Gasteiger partial charge in [-0.25, -0.2) is 19.2 Å². The Kier molecular flexibility index (Phi) is 5.93. The molecule has 2 N–H and O–H groups in total. The van der Waals surface area contributed by atoms with Crippen LogP contribution < -0.4 is 10.6 Å². The highest BCUT2D eigenvalue weighted by atomic mass is 19.1. The molecule has 0 aliphatic heterocycles. The number of nitrogens with one attached hydrogen (secondary N) is 2. The number of amides is 2. The van der Waals surface area contributed by atoms with E-state index >= 15 is 0 Å². The first-order valence-corrected chi connectivity index (χ1v) is 10.2. The SMILES string of the molecule is Cc1ccc(C)c(NC(=O)NCCCn2c(-c3ccc(F)cc3)nc3cccnc32)c1. The molecule has 0 saturated heterocycles. The molecule has 2 aromatic carbocycles. The van der Waals surface area contributed by atoms with E-state index in [0.29, 0.717) is 19.5 Å². The van der Waals surface area contributed by atoms with E-state index in [-0.39, 0.29) is 11.8 Å². The first-order valence-electron chi connectivity index (χ1n) is 10.2. The zero-order valence-corrected chi connectivity index (χ0v) is 17.5. The normalized spacial score (nSPS) is 10.9. The van der Waals surface area contributed by atoms with Crippen molar-refractivity contribution in [3.63, 3.8) is 0 Å². The lowest BCUT2D eigenvalue weighted by molar-refractivity contribution is 0.252. The summed E-state index contributed by atoms with van der Waals surface area (Å²) >= 11 is 0. The molecule has 7 heteroatoms. The van der Waals surface area contributed by atoms with Gasteiger partial charge in [-0.3, -0.25) is 0 Å². The van der Waals surface area contributed by atoms with Crippen LogP contribution in [0.4, 0.5) is 14.9 Å². The van der Waals surface area contributed by atoms with Gasteiger partial charge in [0.2, 0.25) is 0 Å². The van der Waals surface area contributed by atoms with E-state index < -0.39 is 0 Å². The monoisotopic (exact) mass is 417 g/mol. The van der Waals surface area contributed by atoms with Crippen LogP contribution in [0.25, 0.3) is 22.6 Å². The molecular weight excluding hydrogens is 393 g/mol. The number of aromatic nitrogens is 3. The van der Waals surface area contributed by atoms with Crippen LogP contribution in [0, 0.1) is 19.7 Å². The van der Waals surface area contributed by atoms with E-state index in [1.54, 1.807) is 18.3 Å². The van der Waals surface area contributed by atoms with Crippen molar-refractivity contribution < 1.29 is 9.18 Å². The Labute approximate surface area is 180 Å². The molecule has 0 fully saturated rings. The number of hydrogen-bond acceptors (Lipinski definition) is 3. The van der Waals surface area contributed by atoms with Gasteiger partial charge in [0.05, 0.1) is 0 Å². The molecule has 6 nitrogen and oxygen atoms in total.